The maximum atomic E-state index is 13.3. The van der Waals surface area contributed by atoms with E-state index in [4.69, 9.17) is 0 Å². The average molecular weight is 503 g/mol. The lowest BCUT2D eigenvalue weighted by Gasteiger charge is -2.36. The highest BCUT2D eigenvalue weighted by molar-refractivity contribution is 6.00. The number of benzene rings is 2. The zero-order chi connectivity index (χ0) is 25.7. The molecule has 190 valence electrons. The summed E-state index contributed by atoms with van der Waals surface area (Å²) in [6.07, 6.45) is -2.42. The normalized spacial score (nSPS) is 20.0. The number of hydrogen-bond donors (Lipinski definition) is 2. The van der Waals surface area contributed by atoms with Crippen LogP contribution in [0.5, 0.6) is 0 Å². The second kappa shape index (κ2) is 9.23. The van der Waals surface area contributed by atoms with Gasteiger partial charge in [0.1, 0.15) is 5.69 Å². The largest absolute Gasteiger partial charge is 0.322 e. The molecule has 2 N–H and O–H groups in total. The lowest BCUT2D eigenvalue weighted by Crippen LogP contribution is -2.48. The van der Waals surface area contributed by atoms with Crippen LogP contribution in [-0.2, 0) is 6.54 Å². The molecule has 0 saturated carbocycles. The summed E-state index contributed by atoms with van der Waals surface area (Å²) in [6.45, 7) is 4.91. The topological polar surface area (TPSA) is 77.2 Å². The van der Waals surface area contributed by atoms with Crippen LogP contribution in [0, 0.1) is 13.8 Å². The summed E-state index contributed by atoms with van der Waals surface area (Å²) in [5.41, 5.74) is 7.25. The van der Waals surface area contributed by atoms with E-state index >= 15 is 0 Å². The Morgan fingerprint density at radius 2 is 1.81 bits per heavy atom. The first kappa shape index (κ1) is 23.5. The Hall–Kier alpha value is -3.85. The number of carbonyl (C=O) groups is 1. The number of pyridine rings is 1. The van der Waals surface area contributed by atoms with Crippen molar-refractivity contribution in [2.45, 2.75) is 38.8 Å². The predicted molar refractivity (Wildman–Crippen MR) is 139 cm³/mol. The molecule has 4 aromatic rings. The van der Waals surface area contributed by atoms with Crippen molar-refractivity contribution in [2.24, 2.45) is 0 Å². The van der Waals surface area contributed by atoms with E-state index < -0.39 is 6.43 Å². The zero-order valence-corrected chi connectivity index (χ0v) is 20.7. The summed E-state index contributed by atoms with van der Waals surface area (Å²) in [6, 6.07) is 17.4. The number of fused-ring (bicyclic) bond motifs is 2. The first-order chi connectivity index (χ1) is 17.9. The smallest absolute Gasteiger partial charge is 0.315 e. The van der Waals surface area contributed by atoms with E-state index in [1.165, 1.54) is 0 Å². The zero-order valence-electron chi connectivity index (χ0n) is 20.7. The minimum Gasteiger partial charge on any atom is -0.315 e. The second-order valence-corrected chi connectivity index (χ2v) is 10.0. The van der Waals surface area contributed by atoms with Gasteiger partial charge in [0.05, 0.1) is 18.1 Å². The number of anilines is 1. The first-order valence-electron chi connectivity index (χ1n) is 12.5. The number of nitrogens with one attached hydrogen (secondary N) is 2. The number of amides is 2. The van der Waals surface area contributed by atoms with Crippen LogP contribution < -0.4 is 5.32 Å². The van der Waals surface area contributed by atoms with Crippen LogP contribution in [0.3, 0.4) is 0 Å². The molecule has 9 heteroatoms. The Balaban J connectivity index is 1.36. The Morgan fingerprint density at radius 3 is 2.54 bits per heavy atom. The van der Waals surface area contributed by atoms with Gasteiger partial charge in [-0.2, -0.15) is 5.10 Å². The number of carbonyl (C=O) groups excluding carboxylic acids is 1. The van der Waals surface area contributed by atoms with Gasteiger partial charge in [-0.3, -0.25) is 15.0 Å². The van der Waals surface area contributed by atoms with Crippen LogP contribution >= 0.6 is 0 Å². The van der Waals surface area contributed by atoms with Crippen molar-refractivity contribution in [3.05, 3.63) is 77.1 Å². The van der Waals surface area contributed by atoms with E-state index in [0.29, 0.717) is 19.6 Å². The van der Waals surface area contributed by atoms with Crippen LogP contribution in [0.4, 0.5) is 19.3 Å². The summed E-state index contributed by atoms with van der Waals surface area (Å²) < 4.78 is 26.5. The Morgan fingerprint density at radius 1 is 1.05 bits per heavy atom. The molecule has 0 aliphatic carbocycles. The molecular formula is C28H28F2N6O. The SMILES string of the molecule is Cc1cc(-c2n[nH]c3cc4c(cc23)CN(C2CN(CC(F)F)CC2c2ccccc2)C(=O)N4)cc(C)n1. The third-order valence-electron chi connectivity index (χ3n) is 7.37. The molecule has 6 rings (SSSR count). The van der Waals surface area contributed by atoms with Crippen LogP contribution in [0.2, 0.25) is 0 Å². The van der Waals surface area contributed by atoms with Gasteiger partial charge in [0.15, 0.2) is 0 Å². The summed E-state index contributed by atoms with van der Waals surface area (Å²) in [7, 11) is 0. The molecule has 1 saturated heterocycles. The number of likely N-dealkylation sites (tertiary alicyclic amines) is 1. The van der Waals surface area contributed by atoms with Crippen LogP contribution in [0.1, 0.15) is 28.4 Å². The standard InChI is InChI=1S/C28H28F2N6O/c1-16-8-19(9-17(2)31-16)27-21-10-20-12-36(28(37)32-23(20)11-24(21)33-34-27)25-14-35(15-26(29)30)13-22(25)18-6-4-3-5-7-18/h3-11,22,25-26H,12-15H2,1-2H3,(H,32,37)(H,33,34). The molecule has 2 aliphatic heterocycles. The van der Waals surface area contributed by atoms with E-state index in [0.717, 1.165) is 50.4 Å². The Kier molecular flexibility index (Phi) is 5.87. The lowest BCUT2D eigenvalue weighted by atomic mass is 9.92. The molecule has 2 aromatic carbocycles. The Labute approximate surface area is 213 Å². The van der Waals surface area contributed by atoms with Crippen molar-refractivity contribution in [3.8, 4) is 11.3 Å². The third-order valence-corrected chi connectivity index (χ3v) is 7.37. The van der Waals surface area contributed by atoms with Gasteiger partial charge in [-0.25, -0.2) is 13.6 Å². The highest BCUT2D eigenvalue weighted by Gasteiger charge is 2.41. The summed E-state index contributed by atoms with van der Waals surface area (Å²) in [5.74, 6) is -0.0526. The quantitative estimate of drug-likeness (QED) is 0.387. The first-order valence-corrected chi connectivity index (χ1v) is 12.5. The molecule has 2 aromatic heterocycles. The van der Waals surface area contributed by atoms with Gasteiger partial charge >= 0.3 is 6.03 Å². The summed E-state index contributed by atoms with van der Waals surface area (Å²) >= 11 is 0. The van der Waals surface area contributed by atoms with E-state index in [9.17, 15) is 13.6 Å². The van der Waals surface area contributed by atoms with Crippen molar-refractivity contribution in [1.82, 2.24) is 25.0 Å². The second-order valence-electron chi connectivity index (χ2n) is 10.0. The number of aromatic nitrogens is 3. The van der Waals surface area contributed by atoms with E-state index in [-0.39, 0.29) is 24.5 Å². The number of rotatable bonds is 5. The molecule has 0 spiro atoms. The van der Waals surface area contributed by atoms with Gasteiger partial charge in [-0.05, 0) is 49.2 Å². The van der Waals surface area contributed by atoms with Crippen LogP contribution in [0.25, 0.3) is 22.2 Å². The minimum absolute atomic E-state index is 0.0526. The van der Waals surface area contributed by atoms with Gasteiger partial charge < -0.3 is 10.2 Å². The molecular weight excluding hydrogens is 474 g/mol. The molecule has 4 heterocycles. The fourth-order valence-corrected chi connectivity index (χ4v) is 5.81. The van der Waals surface area contributed by atoms with Crippen molar-refractivity contribution < 1.29 is 13.6 Å². The molecule has 1 fully saturated rings. The molecule has 2 amide bonds. The summed E-state index contributed by atoms with van der Waals surface area (Å²) in [5, 5.41) is 11.7. The van der Waals surface area contributed by atoms with Gasteiger partial charge in [0.25, 0.3) is 6.43 Å². The van der Waals surface area contributed by atoms with Crippen LogP contribution in [0.15, 0.2) is 54.6 Å². The minimum atomic E-state index is -2.42. The highest BCUT2D eigenvalue weighted by Crippen LogP contribution is 2.38. The van der Waals surface area contributed by atoms with Crippen molar-refractivity contribution in [3.63, 3.8) is 0 Å². The van der Waals surface area contributed by atoms with Gasteiger partial charge in [-0.1, -0.05) is 30.3 Å². The average Bonchev–Trinajstić information content (AvgIpc) is 3.45. The van der Waals surface area contributed by atoms with E-state index in [2.05, 4.69) is 26.6 Å². The van der Waals surface area contributed by atoms with E-state index in [1.54, 1.807) is 9.80 Å². The van der Waals surface area contributed by atoms with Crippen molar-refractivity contribution in [1.29, 1.82) is 0 Å². The molecule has 7 nitrogen and oxygen atoms in total. The number of alkyl halides is 2. The summed E-state index contributed by atoms with van der Waals surface area (Å²) in [4.78, 5) is 21.3. The van der Waals surface area contributed by atoms with Crippen molar-refractivity contribution >= 4 is 22.6 Å². The fraction of sp³-hybridized carbons (Fsp3) is 0.321. The maximum Gasteiger partial charge on any atom is 0.322 e. The number of nitrogens with zero attached hydrogens (tertiary/aromatic N) is 4. The molecule has 0 bridgehead atoms. The number of urea groups is 1. The molecule has 2 atom stereocenters. The third kappa shape index (κ3) is 4.44. The molecule has 2 aliphatic rings. The molecule has 37 heavy (non-hydrogen) atoms. The van der Waals surface area contributed by atoms with E-state index in [1.807, 2.05) is 62.4 Å². The fourth-order valence-electron chi connectivity index (χ4n) is 5.81. The Bertz CT molecular complexity index is 1450. The molecule has 2 unspecified atom stereocenters. The van der Waals surface area contributed by atoms with Crippen molar-refractivity contribution in [2.75, 3.05) is 25.0 Å². The predicted octanol–water partition coefficient (Wildman–Crippen LogP) is 5.32. The van der Waals surface area contributed by atoms with Gasteiger partial charge in [0.2, 0.25) is 0 Å². The highest BCUT2D eigenvalue weighted by atomic mass is 19.3. The number of aromatic amines is 1. The number of aryl methyl sites for hydroxylation is 2. The molecule has 0 radical (unpaired) electrons. The van der Waals surface area contributed by atoms with Crippen LogP contribution in [-0.4, -0.2) is 63.1 Å². The maximum absolute atomic E-state index is 13.3. The number of halogens is 2. The number of hydrogen-bond acceptors (Lipinski definition) is 4. The van der Waals surface area contributed by atoms with Gasteiger partial charge in [0, 0.05) is 53.6 Å². The lowest BCUT2D eigenvalue weighted by molar-refractivity contribution is 0.0954. The van der Waals surface area contributed by atoms with Gasteiger partial charge in [-0.15, -0.1) is 0 Å². The number of H-pyrrole nitrogens is 1. The monoisotopic (exact) mass is 502 g/mol.